The molecule has 1 aliphatic rings. The van der Waals surface area contributed by atoms with Gasteiger partial charge in [-0.15, -0.1) is 0 Å². The maximum absolute atomic E-state index is 14.2. The van der Waals surface area contributed by atoms with E-state index in [1.54, 1.807) is 0 Å². The minimum atomic E-state index is -4.42. The molecule has 0 radical (unpaired) electrons. The van der Waals surface area contributed by atoms with E-state index < -0.39 is 36.2 Å². The van der Waals surface area contributed by atoms with Gasteiger partial charge in [0.15, 0.2) is 0 Å². The fourth-order valence-electron chi connectivity index (χ4n) is 2.89. The van der Waals surface area contributed by atoms with Gasteiger partial charge in [0, 0.05) is 17.2 Å². The number of aromatic nitrogens is 1. The quantitative estimate of drug-likeness (QED) is 0.834. The van der Waals surface area contributed by atoms with E-state index in [9.17, 15) is 26.7 Å². The van der Waals surface area contributed by atoms with E-state index in [2.05, 4.69) is 4.98 Å². The van der Waals surface area contributed by atoms with Gasteiger partial charge in [-0.05, 0) is 36.6 Å². The van der Waals surface area contributed by atoms with Gasteiger partial charge in [0.25, 0.3) is 5.91 Å². The van der Waals surface area contributed by atoms with Crippen molar-refractivity contribution in [2.24, 2.45) is 5.73 Å². The molecule has 0 bridgehead atoms. The SMILES string of the molecule is NC(=O)c1cc(-c2ccc(F)cc2F)c2c(n1)OC(CC(F)(F)F)CC2. The summed E-state index contributed by atoms with van der Waals surface area (Å²) < 4.78 is 70.4. The summed E-state index contributed by atoms with van der Waals surface area (Å²) in [7, 11) is 0. The highest BCUT2D eigenvalue weighted by Crippen LogP contribution is 2.38. The Hall–Kier alpha value is -2.71. The third-order valence-electron chi connectivity index (χ3n) is 4.01. The first-order chi connectivity index (χ1) is 12.1. The monoisotopic (exact) mass is 372 g/mol. The van der Waals surface area contributed by atoms with Crippen LogP contribution >= 0.6 is 0 Å². The Balaban J connectivity index is 2.08. The number of rotatable bonds is 3. The lowest BCUT2D eigenvalue weighted by molar-refractivity contribution is -0.152. The molecule has 0 saturated carbocycles. The third-order valence-corrected chi connectivity index (χ3v) is 4.01. The smallest absolute Gasteiger partial charge is 0.392 e. The first-order valence-corrected chi connectivity index (χ1v) is 7.66. The Bertz CT molecular complexity index is 867. The normalized spacial score (nSPS) is 16.7. The van der Waals surface area contributed by atoms with Gasteiger partial charge < -0.3 is 10.5 Å². The molecule has 1 aromatic carbocycles. The number of hydrogen-bond acceptors (Lipinski definition) is 3. The number of pyridine rings is 1. The van der Waals surface area contributed by atoms with Crippen LogP contribution in [0.3, 0.4) is 0 Å². The zero-order valence-corrected chi connectivity index (χ0v) is 13.2. The molecule has 2 heterocycles. The fraction of sp³-hybridized carbons (Fsp3) is 0.294. The Morgan fingerprint density at radius 1 is 1.23 bits per heavy atom. The standard InChI is InChI=1S/C17H13F5N2O2/c18-8-1-3-10(13(19)5-8)12-6-14(15(23)25)24-16-11(12)4-2-9(26-16)7-17(20,21)22/h1,3,5-6,9H,2,4,7H2,(H2,23,25). The van der Waals surface area contributed by atoms with Crippen molar-refractivity contribution in [3.63, 3.8) is 0 Å². The highest BCUT2D eigenvalue weighted by molar-refractivity contribution is 5.93. The van der Waals surface area contributed by atoms with Crippen molar-refractivity contribution in [2.75, 3.05) is 0 Å². The number of benzene rings is 1. The van der Waals surface area contributed by atoms with Crippen LogP contribution in [0.15, 0.2) is 24.3 Å². The molecule has 0 saturated heterocycles. The Kier molecular flexibility index (Phi) is 4.55. The second-order valence-corrected chi connectivity index (χ2v) is 5.93. The molecule has 3 rings (SSSR count). The summed E-state index contributed by atoms with van der Waals surface area (Å²) >= 11 is 0. The van der Waals surface area contributed by atoms with Crippen LogP contribution in [0.4, 0.5) is 22.0 Å². The highest BCUT2D eigenvalue weighted by Gasteiger charge is 2.36. The number of amides is 1. The van der Waals surface area contributed by atoms with Gasteiger partial charge >= 0.3 is 6.18 Å². The third kappa shape index (κ3) is 3.76. The van der Waals surface area contributed by atoms with Crippen LogP contribution in [0.25, 0.3) is 11.1 Å². The van der Waals surface area contributed by atoms with Crippen molar-refractivity contribution in [3.8, 4) is 17.0 Å². The second kappa shape index (κ2) is 6.54. The number of halogens is 5. The summed E-state index contributed by atoms with van der Waals surface area (Å²) in [5, 5.41) is 0. The summed E-state index contributed by atoms with van der Waals surface area (Å²) in [5.74, 6) is -2.81. The van der Waals surface area contributed by atoms with Gasteiger partial charge in [0.05, 0.1) is 6.42 Å². The molecule has 0 aliphatic carbocycles. The topological polar surface area (TPSA) is 65.2 Å². The number of hydrogen-bond donors (Lipinski definition) is 1. The van der Waals surface area contributed by atoms with Gasteiger partial charge in [-0.1, -0.05) is 0 Å². The highest BCUT2D eigenvalue weighted by atomic mass is 19.4. The number of ether oxygens (including phenoxy) is 1. The van der Waals surface area contributed by atoms with E-state index in [0.29, 0.717) is 11.6 Å². The molecule has 1 atom stereocenters. The average molecular weight is 372 g/mol. The van der Waals surface area contributed by atoms with Crippen LogP contribution in [0.1, 0.15) is 28.9 Å². The average Bonchev–Trinajstić information content (AvgIpc) is 2.52. The zero-order valence-electron chi connectivity index (χ0n) is 13.2. The van der Waals surface area contributed by atoms with Crippen molar-refractivity contribution in [2.45, 2.75) is 31.5 Å². The number of carbonyl (C=O) groups excluding carboxylic acids is 1. The Morgan fingerprint density at radius 3 is 2.58 bits per heavy atom. The molecular formula is C17H13F5N2O2. The van der Waals surface area contributed by atoms with E-state index in [4.69, 9.17) is 10.5 Å². The molecule has 9 heteroatoms. The number of alkyl halides is 3. The van der Waals surface area contributed by atoms with Crippen LogP contribution in [0.5, 0.6) is 5.88 Å². The predicted octanol–water partition coefficient (Wildman–Crippen LogP) is 3.77. The van der Waals surface area contributed by atoms with Crippen molar-refractivity contribution in [1.29, 1.82) is 0 Å². The maximum Gasteiger partial charge on any atom is 0.392 e. The second-order valence-electron chi connectivity index (χ2n) is 5.93. The molecule has 138 valence electrons. The fourth-order valence-corrected chi connectivity index (χ4v) is 2.89. The molecule has 2 N–H and O–H groups in total. The molecule has 1 amide bonds. The Morgan fingerprint density at radius 2 is 1.96 bits per heavy atom. The van der Waals surface area contributed by atoms with Crippen LogP contribution in [-0.4, -0.2) is 23.2 Å². The van der Waals surface area contributed by atoms with Gasteiger partial charge in [-0.2, -0.15) is 13.2 Å². The van der Waals surface area contributed by atoms with E-state index >= 15 is 0 Å². The van der Waals surface area contributed by atoms with Crippen molar-refractivity contribution in [1.82, 2.24) is 4.98 Å². The summed E-state index contributed by atoms with van der Waals surface area (Å²) in [6, 6.07) is 4.10. The van der Waals surface area contributed by atoms with E-state index in [0.717, 1.165) is 6.07 Å². The van der Waals surface area contributed by atoms with Crippen molar-refractivity contribution < 1.29 is 31.5 Å². The number of primary amides is 1. The molecule has 2 aromatic rings. The first-order valence-electron chi connectivity index (χ1n) is 7.66. The molecule has 4 nitrogen and oxygen atoms in total. The summed E-state index contributed by atoms with van der Waals surface area (Å²) in [6.07, 6.45) is -6.58. The lowest BCUT2D eigenvalue weighted by atomic mass is 9.93. The van der Waals surface area contributed by atoms with E-state index in [1.807, 2.05) is 0 Å². The largest absolute Gasteiger partial charge is 0.474 e. The number of nitrogens with two attached hydrogens (primary N) is 1. The molecule has 1 aromatic heterocycles. The maximum atomic E-state index is 14.2. The number of carbonyl (C=O) groups is 1. The van der Waals surface area contributed by atoms with Gasteiger partial charge in [-0.25, -0.2) is 13.8 Å². The van der Waals surface area contributed by atoms with E-state index in [-0.39, 0.29) is 35.5 Å². The lowest BCUT2D eigenvalue weighted by Crippen LogP contribution is -2.30. The minimum absolute atomic E-state index is 0.0228. The molecule has 0 fully saturated rings. The molecule has 26 heavy (non-hydrogen) atoms. The van der Waals surface area contributed by atoms with Crippen LogP contribution in [0, 0.1) is 11.6 Å². The van der Waals surface area contributed by atoms with Crippen LogP contribution in [0.2, 0.25) is 0 Å². The summed E-state index contributed by atoms with van der Waals surface area (Å²) in [5.41, 5.74) is 5.43. The van der Waals surface area contributed by atoms with Crippen molar-refractivity contribution >= 4 is 5.91 Å². The lowest BCUT2D eigenvalue weighted by Gasteiger charge is -2.27. The van der Waals surface area contributed by atoms with E-state index in [1.165, 1.54) is 12.1 Å². The Labute approximate surface area is 144 Å². The summed E-state index contributed by atoms with van der Waals surface area (Å²) in [6.45, 7) is 0. The number of nitrogens with zero attached hydrogens (tertiary/aromatic N) is 1. The molecule has 1 unspecified atom stereocenters. The predicted molar refractivity (Wildman–Crippen MR) is 81.5 cm³/mol. The van der Waals surface area contributed by atoms with Crippen molar-refractivity contribution in [3.05, 3.63) is 47.2 Å². The molecule has 0 spiro atoms. The zero-order chi connectivity index (χ0) is 19.1. The van der Waals surface area contributed by atoms with Crippen LogP contribution < -0.4 is 10.5 Å². The minimum Gasteiger partial charge on any atom is -0.474 e. The molecular weight excluding hydrogens is 359 g/mol. The van der Waals surface area contributed by atoms with Crippen LogP contribution in [-0.2, 0) is 6.42 Å². The summed E-state index contributed by atoms with van der Waals surface area (Å²) in [4.78, 5) is 15.4. The first kappa shape index (κ1) is 18.1. The number of fused-ring (bicyclic) bond motifs is 1. The van der Waals surface area contributed by atoms with Gasteiger partial charge in [-0.3, -0.25) is 4.79 Å². The van der Waals surface area contributed by atoms with Gasteiger partial charge in [0.1, 0.15) is 23.4 Å². The van der Waals surface area contributed by atoms with Gasteiger partial charge in [0.2, 0.25) is 5.88 Å². The molecule has 1 aliphatic heterocycles.